The van der Waals surface area contributed by atoms with E-state index in [9.17, 15) is 13.2 Å². The summed E-state index contributed by atoms with van der Waals surface area (Å²) in [5, 5.41) is 0. The molecule has 7 heteroatoms. The Bertz CT molecular complexity index is 813. The molecule has 3 rings (SSSR count). The van der Waals surface area contributed by atoms with Crippen molar-refractivity contribution >= 4 is 15.7 Å². The fraction of sp³-hybridized carbons (Fsp3) is 0.353. The molecular weight excluding hydrogens is 330 g/mol. The van der Waals surface area contributed by atoms with Crippen LogP contribution in [0.5, 0.6) is 5.75 Å². The van der Waals surface area contributed by atoms with Crippen LogP contribution in [0, 0.1) is 0 Å². The quantitative estimate of drug-likeness (QED) is 0.826. The topological polar surface area (TPSA) is 76.8 Å². The van der Waals surface area contributed by atoms with Crippen LogP contribution in [-0.2, 0) is 16.4 Å². The Balaban J connectivity index is 1.89. The van der Waals surface area contributed by atoms with Crippen molar-refractivity contribution in [3.63, 3.8) is 0 Å². The van der Waals surface area contributed by atoms with Crippen molar-refractivity contribution < 1.29 is 22.4 Å². The summed E-state index contributed by atoms with van der Waals surface area (Å²) in [6.45, 7) is 0.239. The molecule has 1 aromatic carbocycles. The van der Waals surface area contributed by atoms with Gasteiger partial charge in [0.1, 0.15) is 11.5 Å². The van der Waals surface area contributed by atoms with Gasteiger partial charge in [0.25, 0.3) is 5.91 Å². The van der Waals surface area contributed by atoms with Crippen LogP contribution < -0.4 is 4.74 Å². The predicted octanol–water partition coefficient (Wildman–Crippen LogP) is 2.12. The Morgan fingerprint density at radius 2 is 2.17 bits per heavy atom. The number of nitrogens with zero attached hydrogens (tertiary/aromatic N) is 1. The zero-order chi connectivity index (χ0) is 17.2. The van der Waals surface area contributed by atoms with E-state index in [0.717, 1.165) is 0 Å². The lowest BCUT2D eigenvalue weighted by Crippen LogP contribution is -2.40. The van der Waals surface area contributed by atoms with Crippen molar-refractivity contribution in [3.05, 3.63) is 54.0 Å². The number of hydrogen-bond donors (Lipinski definition) is 0. The molecule has 1 fully saturated rings. The molecule has 2 aromatic rings. The van der Waals surface area contributed by atoms with Crippen LogP contribution in [0.4, 0.5) is 0 Å². The first-order valence-corrected chi connectivity index (χ1v) is 9.48. The van der Waals surface area contributed by atoms with Crippen LogP contribution in [0.3, 0.4) is 0 Å². The zero-order valence-electron chi connectivity index (χ0n) is 13.3. The summed E-state index contributed by atoms with van der Waals surface area (Å²) in [4.78, 5) is 14.6. The number of ether oxygens (including phenoxy) is 1. The van der Waals surface area contributed by atoms with Gasteiger partial charge in [-0.15, -0.1) is 0 Å². The minimum absolute atomic E-state index is 0.0105. The van der Waals surface area contributed by atoms with Crippen molar-refractivity contribution in [3.8, 4) is 5.75 Å². The molecular formula is C17H19NO5S. The van der Waals surface area contributed by atoms with E-state index in [0.29, 0.717) is 23.5 Å². The van der Waals surface area contributed by atoms with E-state index in [4.69, 9.17) is 9.15 Å². The first kappa shape index (κ1) is 16.6. The molecule has 1 amide bonds. The average molecular weight is 349 g/mol. The van der Waals surface area contributed by atoms with Crippen molar-refractivity contribution in [2.24, 2.45) is 0 Å². The van der Waals surface area contributed by atoms with Crippen LogP contribution in [0.1, 0.15) is 22.5 Å². The first-order chi connectivity index (χ1) is 11.5. The highest BCUT2D eigenvalue weighted by Crippen LogP contribution is 2.23. The third kappa shape index (κ3) is 3.62. The second kappa shape index (κ2) is 6.68. The van der Waals surface area contributed by atoms with Crippen LogP contribution in [0.15, 0.2) is 47.1 Å². The molecule has 24 heavy (non-hydrogen) atoms. The van der Waals surface area contributed by atoms with Gasteiger partial charge in [0.05, 0.1) is 31.4 Å². The van der Waals surface area contributed by atoms with Gasteiger partial charge in [-0.25, -0.2) is 8.42 Å². The molecule has 1 aliphatic heterocycles. The minimum atomic E-state index is -3.10. The van der Waals surface area contributed by atoms with Crippen LogP contribution >= 0.6 is 0 Å². The zero-order valence-corrected chi connectivity index (χ0v) is 14.2. The van der Waals surface area contributed by atoms with Gasteiger partial charge in [-0.2, -0.15) is 0 Å². The van der Waals surface area contributed by atoms with E-state index in [-0.39, 0.29) is 30.0 Å². The number of methoxy groups -OCH3 is 1. The van der Waals surface area contributed by atoms with Crippen molar-refractivity contribution in [1.29, 1.82) is 0 Å². The van der Waals surface area contributed by atoms with Crippen LogP contribution in [0.2, 0.25) is 0 Å². The summed E-state index contributed by atoms with van der Waals surface area (Å²) < 4.78 is 34.2. The summed E-state index contributed by atoms with van der Waals surface area (Å²) in [5.74, 6) is 1.07. The lowest BCUT2D eigenvalue weighted by Gasteiger charge is -2.27. The molecule has 0 N–H and O–H groups in total. The third-order valence-electron chi connectivity index (χ3n) is 4.13. The number of rotatable bonds is 5. The fourth-order valence-corrected chi connectivity index (χ4v) is 4.61. The van der Waals surface area contributed by atoms with E-state index in [2.05, 4.69) is 0 Å². The molecule has 6 nitrogen and oxygen atoms in total. The van der Waals surface area contributed by atoms with Gasteiger partial charge in [-0.1, -0.05) is 6.07 Å². The molecule has 0 unspecified atom stereocenters. The molecule has 0 bridgehead atoms. The van der Waals surface area contributed by atoms with Gasteiger partial charge in [0, 0.05) is 11.6 Å². The second-order valence-corrected chi connectivity index (χ2v) is 8.03. The lowest BCUT2D eigenvalue weighted by molar-refractivity contribution is 0.0666. The highest BCUT2D eigenvalue weighted by atomic mass is 32.2. The number of carbonyl (C=O) groups is 1. The van der Waals surface area contributed by atoms with Crippen molar-refractivity contribution in [2.75, 3.05) is 18.6 Å². The monoisotopic (exact) mass is 349 g/mol. The molecule has 0 radical (unpaired) electrons. The fourth-order valence-electron chi connectivity index (χ4n) is 2.88. The van der Waals surface area contributed by atoms with Gasteiger partial charge in [-0.05, 0) is 36.8 Å². The molecule has 1 atom stereocenters. The SMILES string of the molecule is COc1cccc(C(=O)N(Cc2ccco2)[C@@H]2CCS(=O)(=O)C2)c1. The van der Waals surface area contributed by atoms with Gasteiger partial charge >= 0.3 is 0 Å². The number of sulfone groups is 1. The molecule has 0 saturated carbocycles. The molecule has 1 saturated heterocycles. The maximum atomic E-state index is 13.0. The number of hydrogen-bond acceptors (Lipinski definition) is 5. The highest BCUT2D eigenvalue weighted by Gasteiger charge is 2.35. The van der Waals surface area contributed by atoms with E-state index in [1.807, 2.05) is 0 Å². The standard InChI is InChI=1S/C17H19NO5S/c1-22-15-5-2-4-13(10-15)17(19)18(11-16-6-3-8-23-16)14-7-9-24(20,21)12-14/h2-6,8,10,14H,7,9,11-12H2,1H3/t14-/m1/s1. The Hall–Kier alpha value is -2.28. The van der Waals surface area contributed by atoms with Crippen LogP contribution in [-0.4, -0.2) is 43.9 Å². The van der Waals surface area contributed by atoms with E-state index in [1.54, 1.807) is 41.3 Å². The van der Waals surface area contributed by atoms with Gasteiger partial charge in [0.15, 0.2) is 9.84 Å². The second-order valence-electron chi connectivity index (χ2n) is 5.80. The van der Waals surface area contributed by atoms with Gasteiger partial charge in [-0.3, -0.25) is 4.79 Å². The molecule has 1 aromatic heterocycles. The Morgan fingerprint density at radius 1 is 1.33 bits per heavy atom. The maximum absolute atomic E-state index is 13.0. The molecule has 0 aliphatic carbocycles. The normalized spacial score (nSPS) is 19.1. The first-order valence-electron chi connectivity index (χ1n) is 7.66. The molecule has 128 valence electrons. The van der Waals surface area contributed by atoms with Gasteiger partial charge < -0.3 is 14.1 Å². The van der Waals surface area contributed by atoms with Gasteiger partial charge in [0.2, 0.25) is 0 Å². The van der Waals surface area contributed by atoms with Crippen molar-refractivity contribution in [2.45, 2.75) is 19.0 Å². The Morgan fingerprint density at radius 3 is 2.79 bits per heavy atom. The summed E-state index contributed by atoms with van der Waals surface area (Å²) in [6.07, 6.45) is 1.98. The summed E-state index contributed by atoms with van der Waals surface area (Å²) in [7, 11) is -1.56. The Labute approximate surface area is 140 Å². The van der Waals surface area contributed by atoms with E-state index in [1.165, 1.54) is 13.4 Å². The molecule has 2 heterocycles. The molecule has 1 aliphatic rings. The summed E-state index contributed by atoms with van der Waals surface area (Å²) in [6, 6.07) is 10.0. The largest absolute Gasteiger partial charge is 0.497 e. The maximum Gasteiger partial charge on any atom is 0.254 e. The lowest BCUT2D eigenvalue weighted by atomic mass is 10.1. The smallest absolute Gasteiger partial charge is 0.254 e. The van der Waals surface area contributed by atoms with E-state index < -0.39 is 9.84 Å². The summed E-state index contributed by atoms with van der Waals surface area (Å²) >= 11 is 0. The minimum Gasteiger partial charge on any atom is -0.497 e. The average Bonchev–Trinajstić information content (AvgIpc) is 3.21. The molecule has 0 spiro atoms. The predicted molar refractivity (Wildman–Crippen MR) is 88.6 cm³/mol. The van der Waals surface area contributed by atoms with E-state index >= 15 is 0 Å². The third-order valence-corrected chi connectivity index (χ3v) is 5.88. The number of amides is 1. The van der Waals surface area contributed by atoms with Crippen LogP contribution in [0.25, 0.3) is 0 Å². The highest BCUT2D eigenvalue weighted by molar-refractivity contribution is 7.91. The number of benzene rings is 1. The number of furan rings is 1. The number of carbonyl (C=O) groups excluding carboxylic acids is 1. The van der Waals surface area contributed by atoms with Crippen molar-refractivity contribution in [1.82, 2.24) is 4.90 Å². The summed E-state index contributed by atoms with van der Waals surface area (Å²) in [5.41, 5.74) is 0.463. The Kier molecular flexibility index (Phi) is 4.62.